The Morgan fingerprint density at radius 1 is 1.07 bits per heavy atom. The molecule has 2 heterocycles. The molecule has 1 saturated heterocycles. The molecule has 0 aliphatic carbocycles. The summed E-state index contributed by atoms with van der Waals surface area (Å²) in [5, 5.41) is 3.28. The van der Waals surface area contributed by atoms with Crippen LogP contribution >= 0.6 is 0 Å². The minimum atomic E-state index is -0.216. The van der Waals surface area contributed by atoms with E-state index in [-0.39, 0.29) is 17.6 Å². The van der Waals surface area contributed by atoms with Gasteiger partial charge in [0.25, 0.3) is 5.91 Å². The largest absolute Gasteiger partial charge is 0.487 e. The third-order valence-electron chi connectivity index (χ3n) is 6.61. The van der Waals surface area contributed by atoms with Gasteiger partial charge in [0.1, 0.15) is 11.4 Å². The summed E-state index contributed by atoms with van der Waals surface area (Å²) in [5.41, 5.74) is 2.85. The van der Waals surface area contributed by atoms with E-state index in [0.29, 0.717) is 0 Å². The zero-order valence-corrected chi connectivity index (χ0v) is 17.6. The quantitative estimate of drug-likeness (QED) is 0.744. The molecule has 0 radical (unpaired) electrons. The van der Waals surface area contributed by atoms with E-state index < -0.39 is 0 Å². The summed E-state index contributed by atoms with van der Waals surface area (Å²) in [4.78, 5) is 15.5. The van der Waals surface area contributed by atoms with Crippen LogP contribution in [0.25, 0.3) is 0 Å². The molecule has 2 aromatic carbocycles. The number of nitrogens with zero attached hydrogens (tertiary/aromatic N) is 1. The molecule has 1 fully saturated rings. The number of benzene rings is 2. The van der Waals surface area contributed by atoms with Gasteiger partial charge in [-0.05, 0) is 62.5 Å². The topological polar surface area (TPSA) is 41.6 Å². The first-order valence-corrected chi connectivity index (χ1v) is 11.0. The van der Waals surface area contributed by atoms with E-state index in [1.165, 1.54) is 31.5 Å². The number of nitrogens with one attached hydrogen (secondary N) is 1. The Morgan fingerprint density at radius 3 is 2.45 bits per heavy atom. The van der Waals surface area contributed by atoms with Gasteiger partial charge in [0.2, 0.25) is 0 Å². The lowest BCUT2D eigenvalue weighted by Gasteiger charge is -2.41. The second kappa shape index (κ2) is 8.58. The second-order valence-electron chi connectivity index (χ2n) is 8.44. The molecule has 154 valence electrons. The van der Waals surface area contributed by atoms with Gasteiger partial charge in [0.15, 0.2) is 0 Å². The summed E-state index contributed by atoms with van der Waals surface area (Å²) in [7, 11) is 0. The van der Waals surface area contributed by atoms with Gasteiger partial charge in [-0.2, -0.15) is 0 Å². The number of carbonyl (C=O) groups excluding carboxylic acids is 1. The van der Waals surface area contributed by atoms with Crippen LogP contribution in [0.5, 0.6) is 5.75 Å². The number of para-hydroxylation sites is 1. The standard InChI is InChI=1S/C25H32N2O2/c1-3-25(4-2)17-22(21-9-5-6-10-23(21)29-25)26-24(28)20-13-11-19(12-14-20)18-27-15-7-8-16-27/h5-6,9-14,22H,3-4,7-8,15-18H2,1-2H3,(H,26,28). The highest BCUT2D eigenvalue weighted by molar-refractivity contribution is 5.94. The summed E-state index contributed by atoms with van der Waals surface area (Å²) in [6, 6.07) is 16.2. The summed E-state index contributed by atoms with van der Waals surface area (Å²) >= 11 is 0. The van der Waals surface area contributed by atoms with Crippen molar-refractivity contribution in [3.05, 3.63) is 65.2 Å². The third-order valence-corrected chi connectivity index (χ3v) is 6.61. The van der Waals surface area contributed by atoms with Gasteiger partial charge in [-0.3, -0.25) is 9.69 Å². The van der Waals surface area contributed by atoms with Crippen LogP contribution in [0.4, 0.5) is 0 Å². The predicted octanol–water partition coefficient (Wildman–Crippen LogP) is 5.09. The van der Waals surface area contributed by atoms with Crippen molar-refractivity contribution in [3.8, 4) is 5.75 Å². The van der Waals surface area contributed by atoms with Crippen LogP contribution in [-0.4, -0.2) is 29.5 Å². The molecule has 1 amide bonds. The summed E-state index contributed by atoms with van der Waals surface area (Å²) in [5.74, 6) is 0.884. The predicted molar refractivity (Wildman–Crippen MR) is 116 cm³/mol. The maximum Gasteiger partial charge on any atom is 0.251 e. The van der Waals surface area contributed by atoms with Crippen molar-refractivity contribution in [2.75, 3.05) is 13.1 Å². The van der Waals surface area contributed by atoms with Gasteiger partial charge >= 0.3 is 0 Å². The van der Waals surface area contributed by atoms with Crippen LogP contribution in [0.3, 0.4) is 0 Å². The van der Waals surface area contributed by atoms with Crippen molar-refractivity contribution in [3.63, 3.8) is 0 Å². The van der Waals surface area contributed by atoms with E-state index >= 15 is 0 Å². The van der Waals surface area contributed by atoms with E-state index in [1.54, 1.807) is 0 Å². The highest BCUT2D eigenvalue weighted by Gasteiger charge is 2.39. The average molecular weight is 393 g/mol. The molecule has 2 aromatic rings. The molecule has 0 spiro atoms. The van der Waals surface area contributed by atoms with E-state index in [0.717, 1.165) is 42.7 Å². The normalized spacial score (nSPS) is 20.7. The Kier molecular flexibility index (Phi) is 5.91. The third kappa shape index (κ3) is 4.32. The number of rotatable bonds is 6. The minimum absolute atomic E-state index is 0.0134. The van der Waals surface area contributed by atoms with Gasteiger partial charge in [0.05, 0.1) is 6.04 Å². The Labute approximate surface area is 174 Å². The molecule has 0 aromatic heterocycles. The number of hydrogen-bond donors (Lipinski definition) is 1. The number of ether oxygens (including phenoxy) is 1. The molecule has 2 aliphatic rings. The fourth-order valence-corrected chi connectivity index (χ4v) is 4.63. The van der Waals surface area contributed by atoms with Gasteiger partial charge in [-0.15, -0.1) is 0 Å². The molecule has 1 unspecified atom stereocenters. The zero-order chi connectivity index (χ0) is 20.3. The van der Waals surface area contributed by atoms with Crippen molar-refractivity contribution >= 4 is 5.91 Å². The number of fused-ring (bicyclic) bond motifs is 1. The van der Waals surface area contributed by atoms with E-state index in [9.17, 15) is 4.79 Å². The number of carbonyl (C=O) groups is 1. The zero-order valence-electron chi connectivity index (χ0n) is 17.6. The molecule has 29 heavy (non-hydrogen) atoms. The lowest BCUT2D eigenvalue weighted by atomic mass is 9.83. The van der Waals surface area contributed by atoms with Crippen LogP contribution < -0.4 is 10.1 Å². The summed E-state index contributed by atoms with van der Waals surface area (Å²) in [6.45, 7) is 7.67. The first-order valence-electron chi connectivity index (χ1n) is 11.0. The van der Waals surface area contributed by atoms with Gasteiger partial charge < -0.3 is 10.1 Å². The molecular formula is C25H32N2O2. The highest BCUT2D eigenvalue weighted by Crippen LogP contribution is 2.42. The van der Waals surface area contributed by atoms with E-state index in [4.69, 9.17) is 4.74 Å². The number of amides is 1. The summed E-state index contributed by atoms with van der Waals surface area (Å²) < 4.78 is 6.36. The molecule has 0 bridgehead atoms. The second-order valence-corrected chi connectivity index (χ2v) is 8.44. The first-order chi connectivity index (χ1) is 14.1. The monoisotopic (exact) mass is 392 g/mol. The van der Waals surface area contributed by atoms with Crippen LogP contribution in [-0.2, 0) is 6.54 Å². The molecule has 1 N–H and O–H groups in total. The van der Waals surface area contributed by atoms with E-state index in [1.807, 2.05) is 30.3 Å². The van der Waals surface area contributed by atoms with Crippen molar-refractivity contribution in [2.45, 2.75) is 64.1 Å². The average Bonchev–Trinajstić information content (AvgIpc) is 3.27. The lowest BCUT2D eigenvalue weighted by Crippen LogP contribution is -2.44. The van der Waals surface area contributed by atoms with Gasteiger partial charge in [-0.1, -0.05) is 44.2 Å². The maximum absolute atomic E-state index is 13.0. The number of hydrogen-bond acceptors (Lipinski definition) is 3. The molecule has 4 rings (SSSR count). The Bertz CT molecular complexity index is 836. The molecule has 0 saturated carbocycles. The van der Waals surface area contributed by atoms with Crippen LogP contribution in [0, 0.1) is 0 Å². The highest BCUT2D eigenvalue weighted by atomic mass is 16.5. The van der Waals surface area contributed by atoms with Crippen LogP contribution in [0.15, 0.2) is 48.5 Å². The van der Waals surface area contributed by atoms with Crippen LogP contribution in [0.1, 0.15) is 73.5 Å². The van der Waals surface area contributed by atoms with Gasteiger partial charge in [0, 0.05) is 24.1 Å². The van der Waals surface area contributed by atoms with Crippen molar-refractivity contribution in [2.24, 2.45) is 0 Å². The lowest BCUT2D eigenvalue weighted by molar-refractivity contribution is 0.0227. The smallest absolute Gasteiger partial charge is 0.251 e. The molecule has 4 nitrogen and oxygen atoms in total. The molecule has 4 heteroatoms. The van der Waals surface area contributed by atoms with E-state index in [2.05, 4.69) is 42.3 Å². The fourth-order valence-electron chi connectivity index (χ4n) is 4.63. The molecule has 2 aliphatic heterocycles. The molecular weight excluding hydrogens is 360 g/mol. The Morgan fingerprint density at radius 2 is 1.76 bits per heavy atom. The van der Waals surface area contributed by atoms with Crippen molar-refractivity contribution in [1.82, 2.24) is 10.2 Å². The van der Waals surface area contributed by atoms with Crippen LogP contribution in [0.2, 0.25) is 0 Å². The maximum atomic E-state index is 13.0. The van der Waals surface area contributed by atoms with Gasteiger partial charge in [-0.25, -0.2) is 0 Å². The Hall–Kier alpha value is -2.33. The first kappa shape index (κ1) is 20.0. The summed E-state index contributed by atoms with van der Waals surface area (Å²) in [6.07, 6.45) is 5.24. The number of likely N-dealkylation sites (tertiary alicyclic amines) is 1. The Balaban J connectivity index is 1.48. The SMILES string of the molecule is CCC1(CC)CC(NC(=O)c2ccc(CN3CCCC3)cc2)c2ccccc2O1. The van der Waals surface area contributed by atoms with Crippen molar-refractivity contribution < 1.29 is 9.53 Å². The minimum Gasteiger partial charge on any atom is -0.487 e. The fraction of sp³-hybridized carbons (Fsp3) is 0.480. The molecule has 1 atom stereocenters. The van der Waals surface area contributed by atoms with Crippen molar-refractivity contribution in [1.29, 1.82) is 0 Å².